The van der Waals surface area contributed by atoms with Crippen molar-refractivity contribution >= 4 is 52.2 Å². The minimum atomic E-state index is -0.494. The summed E-state index contributed by atoms with van der Waals surface area (Å²) in [5, 5.41) is 3.94. The molecule has 2 aromatic carbocycles. The number of esters is 2. The number of anilines is 2. The molecular formula is C25H28N2O5S2. The molecule has 0 saturated carbocycles. The number of carbonyl (C=O) groups excluding carboxylic acids is 3. The summed E-state index contributed by atoms with van der Waals surface area (Å²) < 4.78 is 12.8. The number of ether oxygens (including phenoxy) is 2. The van der Waals surface area contributed by atoms with E-state index in [9.17, 15) is 14.4 Å². The van der Waals surface area contributed by atoms with E-state index in [0.717, 1.165) is 26.7 Å². The Labute approximate surface area is 208 Å². The quantitative estimate of drug-likeness (QED) is 0.220. The molecule has 34 heavy (non-hydrogen) atoms. The third kappa shape index (κ3) is 7.36. The maximum atomic E-state index is 12.0. The van der Waals surface area contributed by atoms with Gasteiger partial charge in [-0.1, -0.05) is 48.3 Å². The molecule has 0 aliphatic carbocycles. The predicted octanol–water partition coefficient (Wildman–Crippen LogP) is 5.67. The van der Waals surface area contributed by atoms with Crippen molar-refractivity contribution in [3.8, 4) is 10.4 Å². The van der Waals surface area contributed by atoms with Gasteiger partial charge in [0, 0.05) is 23.9 Å². The molecule has 3 rings (SSSR count). The molecule has 1 heterocycles. The molecule has 0 unspecified atom stereocenters. The maximum Gasteiger partial charge on any atom is 0.341 e. The van der Waals surface area contributed by atoms with E-state index in [1.165, 1.54) is 11.9 Å². The largest absolute Gasteiger partial charge is 0.462 e. The van der Waals surface area contributed by atoms with E-state index in [0.29, 0.717) is 24.0 Å². The first-order valence-electron chi connectivity index (χ1n) is 10.5. The Kier molecular flexibility index (Phi) is 11.2. The number of aldehydes is 1. The van der Waals surface area contributed by atoms with E-state index in [2.05, 4.69) is 14.8 Å². The molecule has 9 heteroatoms. The van der Waals surface area contributed by atoms with Gasteiger partial charge in [0.15, 0.2) is 6.29 Å². The lowest BCUT2D eigenvalue weighted by atomic mass is 10.1. The van der Waals surface area contributed by atoms with Crippen LogP contribution in [0.15, 0.2) is 54.6 Å². The highest BCUT2D eigenvalue weighted by Crippen LogP contribution is 2.39. The van der Waals surface area contributed by atoms with E-state index in [-0.39, 0.29) is 12.6 Å². The molecule has 180 valence electrons. The maximum absolute atomic E-state index is 12.0. The fourth-order valence-electron chi connectivity index (χ4n) is 3.02. The lowest BCUT2D eigenvalue weighted by Crippen LogP contribution is -2.07. The van der Waals surface area contributed by atoms with Crippen molar-refractivity contribution in [2.75, 3.05) is 36.6 Å². The Bertz CT molecular complexity index is 1100. The van der Waals surface area contributed by atoms with Crippen LogP contribution in [0.1, 0.15) is 33.2 Å². The average molecular weight is 501 g/mol. The second-order valence-electron chi connectivity index (χ2n) is 6.75. The lowest BCUT2D eigenvalue weighted by molar-refractivity contribution is -0.110. The summed E-state index contributed by atoms with van der Waals surface area (Å²) in [5.74, 6) is -0.755. The highest BCUT2D eigenvalue weighted by molar-refractivity contribution is 7.99. The van der Waals surface area contributed by atoms with Crippen molar-refractivity contribution in [3.63, 3.8) is 0 Å². The summed E-state index contributed by atoms with van der Waals surface area (Å²) in [6.07, 6.45) is 2.43. The first-order valence-corrected chi connectivity index (χ1v) is 12.5. The molecule has 3 aromatic rings. The third-order valence-corrected chi connectivity index (χ3v) is 6.29. The minimum absolute atomic E-state index is 0.209. The number of rotatable bonds is 9. The van der Waals surface area contributed by atoms with Crippen molar-refractivity contribution in [2.24, 2.45) is 0 Å². The Morgan fingerprint density at radius 2 is 1.79 bits per heavy atom. The summed E-state index contributed by atoms with van der Waals surface area (Å²) in [5.41, 5.74) is 3.99. The Morgan fingerprint density at radius 3 is 2.41 bits per heavy atom. The Morgan fingerprint density at radius 1 is 1.06 bits per heavy atom. The zero-order valence-electron chi connectivity index (χ0n) is 19.5. The standard InChI is InChI=1S/C15H17NO2S.C10H11NO3S/c1-4-18-15(17)12-10(2)13(19-14(12)16-3)11-8-6-5-7-9-11;1-15-11-9-4-2-3-8(7-9)10(13)14-6-5-12/h5-9,16H,4H2,1-3H3;2-5,7,11H,6H2,1H3. The minimum Gasteiger partial charge on any atom is -0.462 e. The molecule has 7 nitrogen and oxygen atoms in total. The molecule has 0 bridgehead atoms. The third-order valence-electron chi connectivity index (χ3n) is 4.49. The normalized spacial score (nSPS) is 9.88. The average Bonchev–Trinajstić information content (AvgIpc) is 3.20. The fraction of sp³-hybridized carbons (Fsp3) is 0.240. The van der Waals surface area contributed by atoms with Gasteiger partial charge in [-0.05, 0) is 43.2 Å². The fourth-order valence-corrected chi connectivity index (χ4v) is 4.54. The number of benzene rings is 2. The molecule has 0 spiro atoms. The van der Waals surface area contributed by atoms with Gasteiger partial charge >= 0.3 is 11.9 Å². The van der Waals surface area contributed by atoms with Crippen LogP contribution in [-0.4, -0.2) is 44.7 Å². The van der Waals surface area contributed by atoms with Crippen LogP contribution in [-0.2, 0) is 14.3 Å². The first kappa shape index (κ1) is 26.9. The molecule has 2 N–H and O–H groups in total. The van der Waals surface area contributed by atoms with E-state index in [1.54, 1.807) is 29.5 Å². The second-order valence-corrected chi connectivity index (χ2v) is 8.38. The summed E-state index contributed by atoms with van der Waals surface area (Å²) in [4.78, 5) is 34.5. The van der Waals surface area contributed by atoms with Crippen molar-refractivity contribution in [3.05, 3.63) is 71.3 Å². The number of thiophene rings is 1. The highest BCUT2D eigenvalue weighted by atomic mass is 32.2. The lowest BCUT2D eigenvalue weighted by Gasteiger charge is -2.04. The van der Waals surface area contributed by atoms with Crippen LogP contribution in [0.5, 0.6) is 0 Å². The first-order chi connectivity index (χ1) is 16.5. The van der Waals surface area contributed by atoms with E-state index >= 15 is 0 Å². The van der Waals surface area contributed by atoms with E-state index < -0.39 is 5.97 Å². The van der Waals surface area contributed by atoms with Gasteiger partial charge in [-0.15, -0.1) is 11.3 Å². The SMILES string of the molecule is CCOC(=O)c1c(NC)sc(-c2ccccc2)c1C.CSNc1cccc(C(=O)OCC=O)c1. The van der Waals surface area contributed by atoms with Gasteiger partial charge in [0.05, 0.1) is 17.7 Å². The molecule has 0 radical (unpaired) electrons. The van der Waals surface area contributed by atoms with E-state index in [1.807, 2.05) is 63.5 Å². The predicted molar refractivity (Wildman–Crippen MR) is 140 cm³/mol. The molecule has 0 aliphatic rings. The van der Waals surface area contributed by atoms with Gasteiger partial charge in [0.1, 0.15) is 11.6 Å². The number of nitrogens with one attached hydrogen (secondary N) is 2. The zero-order chi connectivity index (χ0) is 24.9. The molecule has 0 fully saturated rings. The van der Waals surface area contributed by atoms with Crippen LogP contribution in [0.4, 0.5) is 10.7 Å². The van der Waals surface area contributed by atoms with Crippen LogP contribution < -0.4 is 10.0 Å². The van der Waals surface area contributed by atoms with E-state index in [4.69, 9.17) is 4.74 Å². The van der Waals surface area contributed by atoms with Crippen molar-refractivity contribution in [1.29, 1.82) is 0 Å². The highest BCUT2D eigenvalue weighted by Gasteiger charge is 2.22. The summed E-state index contributed by atoms with van der Waals surface area (Å²) in [6, 6.07) is 17.0. The summed E-state index contributed by atoms with van der Waals surface area (Å²) in [7, 11) is 1.82. The monoisotopic (exact) mass is 500 g/mol. The van der Waals surface area contributed by atoms with Gasteiger partial charge in [-0.2, -0.15) is 0 Å². The number of carbonyl (C=O) groups is 3. The zero-order valence-corrected chi connectivity index (χ0v) is 21.2. The molecule has 0 atom stereocenters. The second kappa shape index (κ2) is 14.1. The van der Waals surface area contributed by atoms with Gasteiger partial charge in [0.2, 0.25) is 0 Å². The van der Waals surface area contributed by atoms with Gasteiger partial charge in [-0.3, -0.25) is 4.79 Å². The van der Waals surface area contributed by atoms with Crippen molar-refractivity contribution < 1.29 is 23.9 Å². The summed E-state index contributed by atoms with van der Waals surface area (Å²) >= 11 is 3.02. The number of hydrogen-bond donors (Lipinski definition) is 2. The molecule has 0 amide bonds. The van der Waals surface area contributed by atoms with Crippen LogP contribution >= 0.6 is 23.3 Å². The van der Waals surface area contributed by atoms with Crippen LogP contribution in [0, 0.1) is 6.92 Å². The smallest absolute Gasteiger partial charge is 0.341 e. The van der Waals surface area contributed by atoms with Crippen molar-refractivity contribution in [1.82, 2.24) is 0 Å². The summed E-state index contributed by atoms with van der Waals surface area (Å²) in [6.45, 7) is 3.96. The molecule has 0 aliphatic heterocycles. The Balaban J connectivity index is 0.000000248. The van der Waals surface area contributed by atoms with Gasteiger partial charge < -0.3 is 19.5 Å². The Hall–Kier alpha value is -3.30. The van der Waals surface area contributed by atoms with Crippen LogP contribution in [0.25, 0.3) is 10.4 Å². The van der Waals surface area contributed by atoms with Gasteiger partial charge in [0.25, 0.3) is 0 Å². The van der Waals surface area contributed by atoms with Crippen LogP contribution in [0.2, 0.25) is 0 Å². The van der Waals surface area contributed by atoms with Crippen LogP contribution in [0.3, 0.4) is 0 Å². The van der Waals surface area contributed by atoms with Gasteiger partial charge in [-0.25, -0.2) is 9.59 Å². The molecule has 0 saturated heterocycles. The molecular weight excluding hydrogens is 472 g/mol. The topological polar surface area (TPSA) is 93.7 Å². The van der Waals surface area contributed by atoms with Crippen molar-refractivity contribution in [2.45, 2.75) is 13.8 Å². The molecule has 1 aromatic heterocycles. The number of hydrogen-bond acceptors (Lipinski definition) is 9.